The number of carbonyl (C=O) groups excluding carboxylic acids is 2. The molecule has 2 heterocycles. The van der Waals surface area contributed by atoms with Crippen LogP contribution in [-0.4, -0.2) is 41.7 Å². The molecule has 4 N–H and O–H groups in total. The Kier molecular flexibility index (Phi) is 5.99. The van der Waals surface area contributed by atoms with E-state index < -0.39 is 24.5 Å². The number of carbonyl (C=O) groups is 2. The second kappa shape index (κ2) is 8.61. The van der Waals surface area contributed by atoms with Crippen LogP contribution in [0.4, 0.5) is 0 Å². The summed E-state index contributed by atoms with van der Waals surface area (Å²) in [5, 5.41) is 12.1. The van der Waals surface area contributed by atoms with E-state index in [-0.39, 0.29) is 12.2 Å². The molecule has 0 bridgehead atoms. The molecule has 1 aromatic carbocycles. The van der Waals surface area contributed by atoms with Gasteiger partial charge in [-0.3, -0.25) is 9.59 Å². The van der Waals surface area contributed by atoms with E-state index in [1.165, 1.54) is 7.11 Å². The zero-order chi connectivity index (χ0) is 21.0. The summed E-state index contributed by atoms with van der Waals surface area (Å²) in [6, 6.07) is 7.50. The number of aliphatic hydroxyl groups excluding tert-OH is 1. The zero-order valence-corrected chi connectivity index (χ0v) is 16.0. The van der Waals surface area contributed by atoms with E-state index in [1.54, 1.807) is 37.4 Å². The van der Waals surface area contributed by atoms with Gasteiger partial charge in [-0.25, -0.2) is 4.98 Å². The number of nitrogens with one attached hydrogen (secondary N) is 1. The van der Waals surface area contributed by atoms with Crippen molar-refractivity contribution in [1.82, 2.24) is 10.3 Å². The normalized spacial score (nSPS) is 11.8. The molecule has 3 aromatic rings. The van der Waals surface area contributed by atoms with Crippen LogP contribution in [0, 0.1) is 6.92 Å². The van der Waals surface area contributed by atoms with Crippen molar-refractivity contribution < 1.29 is 28.6 Å². The van der Waals surface area contributed by atoms with Crippen LogP contribution in [0.1, 0.15) is 21.7 Å². The summed E-state index contributed by atoms with van der Waals surface area (Å²) in [5.41, 5.74) is 6.66. The molecule has 0 aliphatic heterocycles. The number of methoxy groups -OCH3 is 1. The Morgan fingerprint density at radius 1 is 1.34 bits per heavy atom. The molecule has 0 fully saturated rings. The number of ether oxygens (including phenoxy) is 2. The number of rotatable bonds is 8. The van der Waals surface area contributed by atoms with Gasteiger partial charge < -0.3 is 30.0 Å². The van der Waals surface area contributed by atoms with Gasteiger partial charge in [0.05, 0.1) is 24.8 Å². The summed E-state index contributed by atoms with van der Waals surface area (Å²) in [6.45, 7) is 1.25. The minimum absolute atomic E-state index is 0.217. The van der Waals surface area contributed by atoms with Gasteiger partial charge in [0.25, 0.3) is 5.91 Å². The fourth-order valence-electron chi connectivity index (χ4n) is 2.89. The van der Waals surface area contributed by atoms with Crippen molar-refractivity contribution in [2.45, 2.75) is 19.6 Å². The van der Waals surface area contributed by atoms with Crippen LogP contribution in [-0.2, 0) is 11.4 Å². The van der Waals surface area contributed by atoms with E-state index >= 15 is 0 Å². The molecule has 2 amide bonds. The Morgan fingerprint density at radius 3 is 2.83 bits per heavy atom. The largest absolute Gasteiger partial charge is 0.489 e. The van der Waals surface area contributed by atoms with Crippen molar-refractivity contribution in [3.05, 3.63) is 53.4 Å². The van der Waals surface area contributed by atoms with Crippen molar-refractivity contribution in [2.75, 3.05) is 13.7 Å². The topological polar surface area (TPSA) is 137 Å². The van der Waals surface area contributed by atoms with Gasteiger partial charge in [0.1, 0.15) is 29.7 Å². The van der Waals surface area contributed by atoms with Gasteiger partial charge in [0, 0.05) is 11.6 Å². The predicted octanol–water partition coefficient (Wildman–Crippen LogP) is 1.30. The molecule has 0 spiro atoms. The number of aliphatic hydroxyl groups is 1. The first-order chi connectivity index (χ1) is 13.9. The molecule has 0 unspecified atom stereocenters. The van der Waals surface area contributed by atoms with Gasteiger partial charge >= 0.3 is 0 Å². The molecule has 0 saturated carbocycles. The van der Waals surface area contributed by atoms with Crippen molar-refractivity contribution >= 4 is 22.8 Å². The summed E-state index contributed by atoms with van der Waals surface area (Å²) in [7, 11) is 1.53. The Labute approximate surface area is 166 Å². The molecule has 0 saturated heterocycles. The van der Waals surface area contributed by atoms with Crippen LogP contribution >= 0.6 is 0 Å². The number of primary amides is 1. The SMILES string of the molecule is COc1ncccc1COc1ccc2oc(C)c(C(=O)N[C@@H](CO)C(N)=O)c2c1. The number of aryl methyl sites for hydroxylation is 1. The van der Waals surface area contributed by atoms with Crippen LogP contribution in [0.5, 0.6) is 11.6 Å². The number of fused-ring (bicyclic) bond motifs is 1. The summed E-state index contributed by atoms with van der Waals surface area (Å²) in [4.78, 5) is 28.1. The zero-order valence-electron chi connectivity index (χ0n) is 16.0. The Balaban J connectivity index is 1.86. The fraction of sp³-hybridized carbons (Fsp3) is 0.250. The third-order valence-electron chi connectivity index (χ3n) is 4.33. The molecule has 3 rings (SSSR count). The van der Waals surface area contributed by atoms with Crippen molar-refractivity contribution in [3.8, 4) is 11.6 Å². The molecule has 1 atom stereocenters. The quantitative estimate of drug-likeness (QED) is 0.519. The number of aromatic nitrogens is 1. The number of hydrogen-bond donors (Lipinski definition) is 3. The third-order valence-corrected chi connectivity index (χ3v) is 4.33. The highest BCUT2D eigenvalue weighted by Crippen LogP contribution is 2.30. The van der Waals surface area contributed by atoms with E-state index in [4.69, 9.17) is 19.6 Å². The maximum absolute atomic E-state index is 12.6. The van der Waals surface area contributed by atoms with Gasteiger partial charge in [-0.1, -0.05) is 0 Å². The fourth-order valence-corrected chi connectivity index (χ4v) is 2.89. The number of pyridine rings is 1. The second-order valence-electron chi connectivity index (χ2n) is 6.26. The molecule has 0 aliphatic carbocycles. The van der Waals surface area contributed by atoms with Gasteiger partial charge in [0.2, 0.25) is 11.8 Å². The van der Waals surface area contributed by atoms with Crippen LogP contribution in [0.3, 0.4) is 0 Å². The molecule has 2 aromatic heterocycles. The molecule has 152 valence electrons. The first-order valence-corrected chi connectivity index (χ1v) is 8.79. The van der Waals surface area contributed by atoms with Gasteiger partial charge in [-0.2, -0.15) is 0 Å². The Bertz CT molecular complexity index is 1050. The van der Waals surface area contributed by atoms with Crippen LogP contribution in [0.15, 0.2) is 40.9 Å². The molecule has 9 heteroatoms. The van der Waals surface area contributed by atoms with Crippen LogP contribution < -0.4 is 20.5 Å². The number of hydrogen-bond acceptors (Lipinski definition) is 7. The minimum Gasteiger partial charge on any atom is -0.489 e. The van der Waals surface area contributed by atoms with E-state index in [0.717, 1.165) is 5.56 Å². The van der Waals surface area contributed by atoms with Crippen molar-refractivity contribution in [2.24, 2.45) is 5.73 Å². The first-order valence-electron chi connectivity index (χ1n) is 8.79. The Morgan fingerprint density at radius 2 is 2.14 bits per heavy atom. The monoisotopic (exact) mass is 399 g/mol. The number of nitrogens with two attached hydrogens (primary N) is 1. The van der Waals surface area contributed by atoms with Gasteiger partial charge in [0.15, 0.2) is 0 Å². The maximum Gasteiger partial charge on any atom is 0.256 e. The lowest BCUT2D eigenvalue weighted by Crippen LogP contribution is -2.46. The molecule has 29 heavy (non-hydrogen) atoms. The average Bonchev–Trinajstić information content (AvgIpc) is 3.05. The van der Waals surface area contributed by atoms with Gasteiger partial charge in [-0.15, -0.1) is 0 Å². The standard InChI is InChI=1S/C20H21N3O6/c1-11-17(19(26)23-15(9-24)18(21)25)14-8-13(5-6-16(14)29-11)28-10-12-4-3-7-22-20(12)27-2/h3-8,15,24H,9-10H2,1-2H3,(H2,21,25)(H,23,26)/t15-/m0/s1. The van der Waals surface area contributed by atoms with Crippen molar-refractivity contribution in [3.63, 3.8) is 0 Å². The lowest BCUT2D eigenvalue weighted by atomic mass is 10.1. The lowest BCUT2D eigenvalue weighted by Gasteiger charge is -2.12. The van der Waals surface area contributed by atoms with E-state index in [0.29, 0.717) is 28.4 Å². The highest BCUT2D eigenvalue weighted by atomic mass is 16.5. The average molecular weight is 399 g/mol. The molecular weight excluding hydrogens is 378 g/mol. The predicted molar refractivity (Wildman–Crippen MR) is 104 cm³/mol. The summed E-state index contributed by atoms with van der Waals surface area (Å²) in [5.74, 6) is -0.0724. The maximum atomic E-state index is 12.6. The van der Waals surface area contributed by atoms with E-state index in [9.17, 15) is 14.7 Å². The van der Waals surface area contributed by atoms with E-state index in [2.05, 4.69) is 10.3 Å². The number of nitrogens with zero attached hydrogens (tertiary/aromatic N) is 1. The smallest absolute Gasteiger partial charge is 0.256 e. The highest BCUT2D eigenvalue weighted by Gasteiger charge is 2.23. The lowest BCUT2D eigenvalue weighted by molar-refractivity contribution is -0.120. The van der Waals surface area contributed by atoms with Crippen LogP contribution in [0.2, 0.25) is 0 Å². The molecule has 0 aliphatic rings. The minimum atomic E-state index is -1.19. The highest BCUT2D eigenvalue weighted by molar-refractivity contribution is 6.08. The number of furan rings is 1. The summed E-state index contributed by atoms with van der Waals surface area (Å²) < 4.78 is 16.7. The number of amides is 2. The van der Waals surface area contributed by atoms with Crippen molar-refractivity contribution in [1.29, 1.82) is 0 Å². The first kappa shape index (κ1) is 20.2. The number of benzene rings is 1. The summed E-state index contributed by atoms with van der Waals surface area (Å²) >= 11 is 0. The van der Waals surface area contributed by atoms with Gasteiger partial charge in [-0.05, 0) is 37.3 Å². The Hall–Kier alpha value is -3.59. The molecular formula is C20H21N3O6. The summed E-state index contributed by atoms with van der Waals surface area (Å²) in [6.07, 6.45) is 1.62. The molecule has 0 radical (unpaired) electrons. The second-order valence-corrected chi connectivity index (χ2v) is 6.26. The third kappa shape index (κ3) is 4.30. The van der Waals surface area contributed by atoms with E-state index in [1.807, 2.05) is 6.07 Å². The molecule has 9 nitrogen and oxygen atoms in total. The van der Waals surface area contributed by atoms with Crippen LogP contribution in [0.25, 0.3) is 11.0 Å².